The zero-order valence-electron chi connectivity index (χ0n) is 10.9. The first-order valence-corrected chi connectivity index (χ1v) is 7.38. The monoisotopic (exact) mass is 353 g/mol. The van der Waals surface area contributed by atoms with E-state index in [-0.39, 0.29) is 6.79 Å². The van der Waals surface area contributed by atoms with Gasteiger partial charge in [0, 0.05) is 6.54 Å². The first-order valence-electron chi connectivity index (χ1n) is 6.21. The molecule has 0 saturated carbocycles. The molecule has 104 valence electrons. The second-order valence-electron chi connectivity index (χ2n) is 4.65. The van der Waals surface area contributed by atoms with Gasteiger partial charge in [-0.05, 0) is 58.2 Å². The van der Waals surface area contributed by atoms with E-state index in [1.54, 1.807) is 0 Å². The second-order valence-corrected chi connectivity index (χ2v) is 5.91. The fourth-order valence-electron chi connectivity index (χ4n) is 2.08. The summed E-state index contributed by atoms with van der Waals surface area (Å²) in [5, 5.41) is 4.05. The fourth-order valence-corrected chi connectivity index (χ4v) is 2.99. The SMILES string of the molecule is Cc1ccc(NCc2cc(Br)c3c(c2)OCO3)c(Cl)c1. The number of hydrogen-bond acceptors (Lipinski definition) is 3. The van der Waals surface area contributed by atoms with Crippen LogP contribution in [0.1, 0.15) is 11.1 Å². The lowest BCUT2D eigenvalue weighted by atomic mass is 10.2. The van der Waals surface area contributed by atoms with Crippen LogP contribution in [0.15, 0.2) is 34.8 Å². The largest absolute Gasteiger partial charge is 0.454 e. The Hall–Kier alpha value is -1.39. The second kappa shape index (κ2) is 5.54. The van der Waals surface area contributed by atoms with Crippen LogP contribution in [0.4, 0.5) is 5.69 Å². The summed E-state index contributed by atoms with van der Waals surface area (Å²) in [6, 6.07) is 9.95. The van der Waals surface area contributed by atoms with Crippen LogP contribution in [0.3, 0.4) is 0 Å². The highest BCUT2D eigenvalue weighted by Crippen LogP contribution is 2.40. The average Bonchev–Trinajstić information content (AvgIpc) is 2.86. The maximum atomic E-state index is 6.20. The van der Waals surface area contributed by atoms with Crippen LogP contribution in [0.5, 0.6) is 11.5 Å². The number of fused-ring (bicyclic) bond motifs is 1. The van der Waals surface area contributed by atoms with Crippen molar-refractivity contribution in [2.24, 2.45) is 0 Å². The molecule has 0 aliphatic carbocycles. The van der Waals surface area contributed by atoms with E-state index < -0.39 is 0 Å². The minimum atomic E-state index is 0.272. The van der Waals surface area contributed by atoms with Gasteiger partial charge in [0.2, 0.25) is 6.79 Å². The fraction of sp³-hybridized carbons (Fsp3) is 0.200. The summed E-state index contributed by atoms with van der Waals surface area (Å²) >= 11 is 9.69. The average molecular weight is 355 g/mol. The van der Waals surface area contributed by atoms with Crippen molar-refractivity contribution in [3.63, 3.8) is 0 Å². The number of anilines is 1. The van der Waals surface area contributed by atoms with Crippen molar-refractivity contribution in [1.82, 2.24) is 0 Å². The van der Waals surface area contributed by atoms with Gasteiger partial charge >= 0.3 is 0 Å². The van der Waals surface area contributed by atoms with Crippen LogP contribution in [-0.2, 0) is 6.54 Å². The molecule has 2 aromatic rings. The zero-order valence-corrected chi connectivity index (χ0v) is 13.2. The highest BCUT2D eigenvalue weighted by molar-refractivity contribution is 9.10. The highest BCUT2D eigenvalue weighted by Gasteiger charge is 2.17. The van der Waals surface area contributed by atoms with Crippen LogP contribution >= 0.6 is 27.5 Å². The Kier molecular flexibility index (Phi) is 3.76. The smallest absolute Gasteiger partial charge is 0.231 e. The van der Waals surface area contributed by atoms with Crippen molar-refractivity contribution in [2.45, 2.75) is 13.5 Å². The van der Waals surface area contributed by atoms with E-state index in [0.717, 1.165) is 37.8 Å². The summed E-state index contributed by atoms with van der Waals surface area (Å²) in [6.45, 7) is 2.96. The standard InChI is InChI=1S/C15H13BrClNO2/c1-9-2-3-13(12(17)4-9)18-7-10-5-11(16)15-14(6-10)19-8-20-15/h2-6,18H,7-8H2,1H3. The quantitative estimate of drug-likeness (QED) is 0.862. The Bertz CT molecular complexity index is 661. The Balaban J connectivity index is 1.77. The Morgan fingerprint density at radius 1 is 1.25 bits per heavy atom. The van der Waals surface area contributed by atoms with Crippen LogP contribution in [0.2, 0.25) is 5.02 Å². The van der Waals surface area contributed by atoms with Gasteiger partial charge in [0.25, 0.3) is 0 Å². The van der Waals surface area contributed by atoms with E-state index in [4.69, 9.17) is 21.1 Å². The Morgan fingerprint density at radius 3 is 2.90 bits per heavy atom. The number of halogens is 2. The summed E-state index contributed by atoms with van der Waals surface area (Å²) in [4.78, 5) is 0. The summed E-state index contributed by atoms with van der Waals surface area (Å²) in [7, 11) is 0. The molecule has 1 aliphatic rings. The third kappa shape index (κ3) is 2.72. The summed E-state index contributed by atoms with van der Waals surface area (Å²) in [6.07, 6.45) is 0. The molecule has 0 bridgehead atoms. The summed E-state index contributed by atoms with van der Waals surface area (Å²) < 4.78 is 11.7. The minimum absolute atomic E-state index is 0.272. The van der Waals surface area contributed by atoms with E-state index in [2.05, 4.69) is 21.2 Å². The van der Waals surface area contributed by atoms with Gasteiger partial charge in [-0.15, -0.1) is 0 Å². The predicted molar refractivity (Wildman–Crippen MR) is 83.8 cm³/mol. The van der Waals surface area contributed by atoms with Crippen molar-refractivity contribution < 1.29 is 9.47 Å². The number of benzene rings is 2. The third-order valence-electron chi connectivity index (χ3n) is 3.09. The molecule has 1 aliphatic heterocycles. The topological polar surface area (TPSA) is 30.5 Å². The van der Waals surface area contributed by atoms with Crippen molar-refractivity contribution in [3.05, 3.63) is 51.0 Å². The van der Waals surface area contributed by atoms with E-state index in [1.807, 2.05) is 37.3 Å². The molecular formula is C15H13BrClNO2. The first-order chi connectivity index (χ1) is 9.63. The van der Waals surface area contributed by atoms with Gasteiger partial charge in [0.1, 0.15) is 0 Å². The van der Waals surface area contributed by atoms with Crippen LogP contribution in [0.25, 0.3) is 0 Å². The first kappa shape index (κ1) is 13.6. The van der Waals surface area contributed by atoms with Crippen molar-refractivity contribution in [3.8, 4) is 11.5 Å². The summed E-state index contributed by atoms with van der Waals surface area (Å²) in [5.41, 5.74) is 3.16. The molecule has 0 unspecified atom stereocenters. The lowest BCUT2D eigenvalue weighted by Crippen LogP contribution is -2.00. The number of ether oxygens (including phenoxy) is 2. The molecule has 0 amide bonds. The van der Waals surface area contributed by atoms with Gasteiger partial charge in [-0.3, -0.25) is 0 Å². The van der Waals surface area contributed by atoms with Gasteiger partial charge < -0.3 is 14.8 Å². The van der Waals surface area contributed by atoms with Gasteiger partial charge in [-0.2, -0.15) is 0 Å². The molecule has 20 heavy (non-hydrogen) atoms. The van der Waals surface area contributed by atoms with Crippen LogP contribution < -0.4 is 14.8 Å². The highest BCUT2D eigenvalue weighted by atomic mass is 79.9. The lowest BCUT2D eigenvalue weighted by Gasteiger charge is -2.10. The molecule has 3 nitrogen and oxygen atoms in total. The Labute approximate surface area is 131 Å². The van der Waals surface area contributed by atoms with Gasteiger partial charge in [-0.1, -0.05) is 17.7 Å². The molecule has 5 heteroatoms. The molecule has 2 aromatic carbocycles. The number of hydrogen-bond donors (Lipinski definition) is 1. The number of rotatable bonds is 3. The molecule has 3 rings (SSSR count). The molecule has 0 aromatic heterocycles. The van der Waals surface area contributed by atoms with E-state index in [1.165, 1.54) is 0 Å². The van der Waals surface area contributed by atoms with Gasteiger partial charge in [0.15, 0.2) is 11.5 Å². The van der Waals surface area contributed by atoms with Gasteiger partial charge in [-0.25, -0.2) is 0 Å². The normalized spacial score (nSPS) is 12.6. The predicted octanol–water partition coefficient (Wildman–Crippen LogP) is 4.75. The van der Waals surface area contributed by atoms with Crippen molar-refractivity contribution in [1.29, 1.82) is 0 Å². The summed E-state index contributed by atoms with van der Waals surface area (Å²) in [5.74, 6) is 1.54. The van der Waals surface area contributed by atoms with Gasteiger partial charge in [0.05, 0.1) is 15.2 Å². The van der Waals surface area contributed by atoms with E-state index >= 15 is 0 Å². The molecule has 1 N–H and O–H groups in total. The lowest BCUT2D eigenvalue weighted by molar-refractivity contribution is 0.173. The molecule has 0 fully saturated rings. The maximum absolute atomic E-state index is 6.20. The molecule has 0 atom stereocenters. The Morgan fingerprint density at radius 2 is 2.10 bits per heavy atom. The van der Waals surface area contributed by atoms with Crippen LogP contribution in [0, 0.1) is 6.92 Å². The molecule has 0 spiro atoms. The van der Waals surface area contributed by atoms with E-state index in [0.29, 0.717) is 6.54 Å². The third-order valence-corrected chi connectivity index (χ3v) is 4.00. The number of nitrogens with one attached hydrogen (secondary N) is 1. The van der Waals surface area contributed by atoms with Crippen LogP contribution in [-0.4, -0.2) is 6.79 Å². The van der Waals surface area contributed by atoms with E-state index in [9.17, 15) is 0 Å². The number of aryl methyl sites for hydroxylation is 1. The van der Waals surface area contributed by atoms with Crippen molar-refractivity contribution in [2.75, 3.05) is 12.1 Å². The molecule has 1 heterocycles. The molecule has 0 saturated heterocycles. The van der Waals surface area contributed by atoms with Crippen molar-refractivity contribution >= 4 is 33.2 Å². The zero-order chi connectivity index (χ0) is 14.1. The molecule has 0 radical (unpaired) electrons. The minimum Gasteiger partial charge on any atom is -0.454 e. The maximum Gasteiger partial charge on any atom is 0.231 e. The molecular weight excluding hydrogens is 342 g/mol.